The SMILES string of the molecule is COCC(=O)Nc1ccc(N2C(=S)N[C@@H](c3ccccn3)[C@H]2c2cc(C)n(-c3ccccc3O)c2C)cc1Cl. The highest BCUT2D eigenvalue weighted by molar-refractivity contribution is 7.80. The number of rotatable bonds is 7. The number of anilines is 2. The van der Waals surface area contributed by atoms with Crippen molar-refractivity contribution in [3.8, 4) is 11.4 Å². The molecule has 1 amide bonds. The maximum Gasteiger partial charge on any atom is 0.250 e. The van der Waals surface area contributed by atoms with Gasteiger partial charge in [-0.2, -0.15) is 0 Å². The van der Waals surface area contributed by atoms with E-state index in [1.807, 2.05) is 59.7 Å². The lowest BCUT2D eigenvalue weighted by Gasteiger charge is -2.28. The molecule has 200 valence electrons. The van der Waals surface area contributed by atoms with E-state index in [0.29, 0.717) is 21.5 Å². The molecule has 4 aromatic rings. The van der Waals surface area contributed by atoms with Crippen LogP contribution in [0.15, 0.2) is 72.9 Å². The van der Waals surface area contributed by atoms with Crippen LogP contribution in [0.5, 0.6) is 5.75 Å². The third kappa shape index (κ3) is 5.08. The molecule has 1 aliphatic heterocycles. The van der Waals surface area contributed by atoms with E-state index in [9.17, 15) is 9.90 Å². The third-order valence-corrected chi connectivity index (χ3v) is 7.42. The number of aromatic nitrogens is 2. The zero-order valence-corrected chi connectivity index (χ0v) is 23.3. The van der Waals surface area contributed by atoms with Crippen molar-refractivity contribution < 1.29 is 14.6 Å². The maximum atomic E-state index is 12.0. The van der Waals surface area contributed by atoms with Gasteiger partial charge in [-0.1, -0.05) is 29.8 Å². The maximum absolute atomic E-state index is 12.0. The second kappa shape index (κ2) is 11.1. The highest BCUT2D eigenvalue weighted by Gasteiger charge is 2.42. The fourth-order valence-electron chi connectivity index (χ4n) is 5.13. The summed E-state index contributed by atoms with van der Waals surface area (Å²) < 4.78 is 6.94. The van der Waals surface area contributed by atoms with E-state index in [4.69, 9.17) is 28.6 Å². The number of phenolic OH excluding ortho intramolecular Hbond substituents is 1. The Bertz CT molecular complexity index is 1540. The number of pyridine rings is 1. The minimum absolute atomic E-state index is 0.0708. The van der Waals surface area contributed by atoms with Crippen molar-refractivity contribution in [2.24, 2.45) is 0 Å². The molecular weight excluding hydrogens is 534 g/mol. The number of benzene rings is 2. The van der Waals surface area contributed by atoms with Crippen LogP contribution in [0.25, 0.3) is 5.69 Å². The second-order valence-corrected chi connectivity index (χ2v) is 10.1. The molecule has 0 unspecified atom stereocenters. The normalized spacial score (nSPS) is 16.8. The van der Waals surface area contributed by atoms with Crippen LogP contribution in [0.1, 0.15) is 34.7 Å². The number of nitrogens with one attached hydrogen (secondary N) is 2. The zero-order valence-electron chi connectivity index (χ0n) is 21.7. The minimum atomic E-state index is -0.296. The van der Waals surface area contributed by atoms with E-state index in [1.165, 1.54) is 7.11 Å². The molecule has 0 bridgehead atoms. The Kier molecular flexibility index (Phi) is 7.56. The van der Waals surface area contributed by atoms with Gasteiger partial charge in [-0.05, 0) is 80.2 Å². The Balaban J connectivity index is 1.62. The van der Waals surface area contributed by atoms with E-state index in [2.05, 4.69) is 21.7 Å². The van der Waals surface area contributed by atoms with Gasteiger partial charge in [0.25, 0.3) is 0 Å². The van der Waals surface area contributed by atoms with E-state index < -0.39 is 0 Å². The Hall–Kier alpha value is -3.92. The van der Waals surface area contributed by atoms with Crippen molar-refractivity contribution in [2.45, 2.75) is 25.9 Å². The Morgan fingerprint density at radius 1 is 1.15 bits per heavy atom. The quantitative estimate of drug-likeness (QED) is 0.253. The van der Waals surface area contributed by atoms with Gasteiger partial charge in [0.15, 0.2) is 5.11 Å². The van der Waals surface area contributed by atoms with Crippen molar-refractivity contribution >= 4 is 46.2 Å². The summed E-state index contributed by atoms with van der Waals surface area (Å²) in [5.74, 6) is -0.0999. The molecule has 1 aliphatic rings. The van der Waals surface area contributed by atoms with Crippen molar-refractivity contribution in [1.29, 1.82) is 0 Å². The van der Waals surface area contributed by atoms with Gasteiger partial charge < -0.3 is 29.9 Å². The third-order valence-electron chi connectivity index (χ3n) is 6.79. The van der Waals surface area contributed by atoms with Crippen LogP contribution >= 0.6 is 23.8 Å². The predicted octanol–water partition coefficient (Wildman–Crippen LogP) is 5.61. The topological polar surface area (TPSA) is 91.7 Å². The zero-order chi connectivity index (χ0) is 27.7. The van der Waals surface area contributed by atoms with Gasteiger partial charge in [0, 0.05) is 30.4 Å². The number of amides is 1. The molecule has 1 saturated heterocycles. The fourth-order valence-corrected chi connectivity index (χ4v) is 5.70. The van der Waals surface area contributed by atoms with Gasteiger partial charge in [-0.3, -0.25) is 9.78 Å². The molecule has 0 saturated carbocycles. The van der Waals surface area contributed by atoms with Crippen molar-refractivity contribution in [3.63, 3.8) is 0 Å². The smallest absolute Gasteiger partial charge is 0.250 e. The second-order valence-electron chi connectivity index (χ2n) is 9.29. The molecule has 3 N–H and O–H groups in total. The van der Waals surface area contributed by atoms with Gasteiger partial charge in [0.2, 0.25) is 5.91 Å². The predicted molar refractivity (Wildman–Crippen MR) is 157 cm³/mol. The number of para-hydroxylation sites is 2. The summed E-state index contributed by atoms with van der Waals surface area (Å²) in [4.78, 5) is 18.7. The summed E-state index contributed by atoms with van der Waals surface area (Å²) >= 11 is 12.5. The number of hydrogen-bond donors (Lipinski definition) is 3. The van der Waals surface area contributed by atoms with Gasteiger partial charge in [0.1, 0.15) is 12.4 Å². The number of halogens is 1. The minimum Gasteiger partial charge on any atom is -0.506 e. The number of aryl methyl sites for hydroxylation is 1. The summed E-state index contributed by atoms with van der Waals surface area (Å²) in [6.45, 7) is 3.97. The summed E-state index contributed by atoms with van der Waals surface area (Å²) in [5.41, 5.74) is 5.74. The first kappa shape index (κ1) is 26.7. The van der Waals surface area contributed by atoms with Crippen molar-refractivity contribution in [1.82, 2.24) is 14.9 Å². The van der Waals surface area contributed by atoms with Gasteiger partial charge in [0.05, 0.1) is 34.2 Å². The first-order valence-corrected chi connectivity index (χ1v) is 13.1. The summed E-state index contributed by atoms with van der Waals surface area (Å²) in [5, 5.41) is 17.7. The average molecular weight is 562 g/mol. The molecule has 2 aromatic carbocycles. The van der Waals surface area contributed by atoms with Crippen molar-refractivity contribution in [2.75, 3.05) is 23.9 Å². The van der Waals surface area contributed by atoms with Crippen LogP contribution in [0.4, 0.5) is 11.4 Å². The van der Waals surface area contributed by atoms with Gasteiger partial charge in [-0.25, -0.2) is 0 Å². The Labute approximate surface area is 237 Å². The number of methoxy groups -OCH3 is 1. The molecule has 2 aromatic heterocycles. The molecule has 39 heavy (non-hydrogen) atoms. The van der Waals surface area contributed by atoms with Crippen LogP contribution < -0.4 is 15.5 Å². The van der Waals surface area contributed by atoms with E-state index >= 15 is 0 Å². The van der Waals surface area contributed by atoms with Crippen molar-refractivity contribution in [3.05, 3.63) is 101 Å². The standard InChI is InChI=1S/C29H28ClN5O3S/c1-17-14-20(18(2)34(17)24-9-4-5-10-25(24)36)28-27(23-8-6-7-13-31-23)33-29(39)35(28)19-11-12-22(21(30)15-19)32-26(37)16-38-3/h4-15,27-28,36H,16H2,1-3H3,(H,32,37)(H,33,39)/t27-,28+/m0/s1. The lowest BCUT2D eigenvalue weighted by molar-refractivity contribution is -0.119. The van der Waals surface area contributed by atoms with E-state index in [1.54, 1.807) is 30.5 Å². The number of thiocarbonyl (C=S) groups is 1. The molecule has 10 heteroatoms. The van der Waals surface area contributed by atoms with Crippen LogP contribution in [-0.4, -0.2) is 39.4 Å². The molecule has 8 nitrogen and oxygen atoms in total. The Morgan fingerprint density at radius 2 is 1.92 bits per heavy atom. The van der Waals surface area contributed by atoms with E-state index in [0.717, 1.165) is 28.3 Å². The molecule has 1 fully saturated rings. The van der Waals surface area contributed by atoms with Crippen LogP contribution in [-0.2, 0) is 9.53 Å². The number of hydrogen-bond acceptors (Lipinski definition) is 5. The van der Waals surface area contributed by atoms with E-state index in [-0.39, 0.29) is 30.3 Å². The molecule has 0 spiro atoms. The summed E-state index contributed by atoms with van der Waals surface area (Å²) in [7, 11) is 1.46. The molecule has 0 radical (unpaired) electrons. The number of carbonyl (C=O) groups is 1. The molecule has 3 heterocycles. The lowest BCUT2D eigenvalue weighted by Crippen LogP contribution is -2.29. The average Bonchev–Trinajstić information content (AvgIpc) is 3.41. The van der Waals surface area contributed by atoms with Gasteiger partial charge in [-0.15, -0.1) is 0 Å². The summed E-state index contributed by atoms with van der Waals surface area (Å²) in [6.07, 6.45) is 1.76. The number of carbonyl (C=O) groups excluding carboxylic acids is 1. The first-order chi connectivity index (χ1) is 18.8. The first-order valence-electron chi connectivity index (χ1n) is 12.4. The molecule has 0 aliphatic carbocycles. The van der Waals surface area contributed by atoms with Crippen LogP contribution in [0, 0.1) is 13.8 Å². The number of phenols is 1. The largest absolute Gasteiger partial charge is 0.506 e. The van der Waals surface area contributed by atoms with Crippen LogP contribution in [0.3, 0.4) is 0 Å². The van der Waals surface area contributed by atoms with Gasteiger partial charge >= 0.3 is 0 Å². The molecule has 2 atom stereocenters. The summed E-state index contributed by atoms with van der Waals surface area (Å²) in [6, 6.07) is 20.1. The fraction of sp³-hybridized carbons (Fsp3) is 0.207. The highest BCUT2D eigenvalue weighted by Crippen LogP contribution is 2.45. The molecule has 5 rings (SSSR count). The molecular formula is C29H28ClN5O3S. The number of aromatic hydroxyl groups is 1. The number of ether oxygens (including phenoxy) is 1. The van der Waals surface area contributed by atoms with Crippen LogP contribution in [0.2, 0.25) is 5.02 Å². The monoisotopic (exact) mass is 561 g/mol. The number of nitrogens with zero attached hydrogens (tertiary/aromatic N) is 3. The highest BCUT2D eigenvalue weighted by atomic mass is 35.5. The lowest BCUT2D eigenvalue weighted by atomic mass is 9.96. The Morgan fingerprint density at radius 3 is 2.62 bits per heavy atom.